The molecule has 0 unspecified atom stereocenters. The van der Waals surface area contributed by atoms with Gasteiger partial charge in [-0.1, -0.05) is 0 Å². The van der Waals surface area contributed by atoms with E-state index < -0.39 is 0 Å². The summed E-state index contributed by atoms with van der Waals surface area (Å²) in [5.41, 5.74) is 1.36. The molecule has 0 atom stereocenters. The molecule has 0 saturated carbocycles. The zero-order valence-electron chi connectivity index (χ0n) is 7.03. The minimum Gasteiger partial charge on any atom is -0.443 e. The lowest BCUT2D eigenvalue weighted by Gasteiger charge is -1.94. The summed E-state index contributed by atoms with van der Waals surface area (Å²) in [7, 11) is 0. The maximum atomic E-state index is 5.11. The molecule has 0 N–H and O–H groups in total. The second-order valence-corrected chi connectivity index (χ2v) is 2.67. The number of nitrogens with zero attached hydrogens (tertiary/aromatic N) is 5. The highest BCUT2D eigenvalue weighted by Gasteiger charge is 2.05. The van der Waals surface area contributed by atoms with E-state index in [0.29, 0.717) is 17.2 Å². The lowest BCUT2D eigenvalue weighted by molar-refractivity contribution is 0.571. The number of hydrogen-bond acceptors (Lipinski definition) is 5. The first-order valence-electron chi connectivity index (χ1n) is 3.99. The van der Waals surface area contributed by atoms with E-state index in [4.69, 9.17) is 4.42 Å². The van der Waals surface area contributed by atoms with Crippen molar-refractivity contribution in [3.8, 4) is 11.6 Å². The van der Waals surface area contributed by atoms with Crippen LogP contribution in [0.25, 0.3) is 17.2 Å². The average Bonchev–Trinajstić information content (AvgIpc) is 2.88. The molecule has 0 saturated heterocycles. The number of fused-ring (bicyclic) bond motifs is 1. The van der Waals surface area contributed by atoms with Gasteiger partial charge in [-0.2, -0.15) is 5.10 Å². The van der Waals surface area contributed by atoms with Crippen molar-refractivity contribution in [3.05, 3.63) is 31.2 Å². The maximum absolute atomic E-state index is 5.11. The van der Waals surface area contributed by atoms with Crippen molar-refractivity contribution in [1.29, 1.82) is 0 Å². The van der Waals surface area contributed by atoms with Gasteiger partial charge in [0.25, 0.3) is 0 Å². The highest BCUT2D eigenvalue weighted by Crippen LogP contribution is 2.14. The molecule has 0 spiro atoms. The minimum atomic E-state index is 0.482. The van der Waals surface area contributed by atoms with Crippen LogP contribution in [0.2, 0.25) is 0 Å². The van der Waals surface area contributed by atoms with Crippen LogP contribution in [0.5, 0.6) is 0 Å². The summed E-state index contributed by atoms with van der Waals surface area (Å²) in [5, 5.41) is 3.93. The van der Waals surface area contributed by atoms with E-state index in [1.807, 2.05) is 0 Å². The normalized spacial score (nSPS) is 10.9. The van der Waals surface area contributed by atoms with Gasteiger partial charge in [0.2, 0.25) is 5.89 Å². The van der Waals surface area contributed by atoms with Gasteiger partial charge in [-0.05, 0) is 0 Å². The molecule has 0 aliphatic carbocycles. The molecule has 68 valence electrons. The third kappa shape index (κ3) is 0.972. The average molecular weight is 187 g/mol. The molecule has 0 bridgehead atoms. The second kappa shape index (κ2) is 2.63. The van der Waals surface area contributed by atoms with Crippen LogP contribution in [0.3, 0.4) is 0 Å². The largest absolute Gasteiger partial charge is 0.443 e. The fourth-order valence-electron chi connectivity index (χ4n) is 1.19. The van der Waals surface area contributed by atoms with Gasteiger partial charge in [0.15, 0.2) is 5.65 Å². The summed E-state index contributed by atoms with van der Waals surface area (Å²) in [6, 6.07) is 1.76. The molecule has 0 aliphatic rings. The smallest absolute Gasteiger partial charge is 0.245 e. The molecular weight excluding hydrogens is 182 g/mol. The van der Waals surface area contributed by atoms with Gasteiger partial charge in [0.05, 0.1) is 6.20 Å². The first kappa shape index (κ1) is 7.19. The molecule has 0 amide bonds. The molecule has 3 heterocycles. The van der Waals surface area contributed by atoms with E-state index in [1.54, 1.807) is 23.1 Å². The van der Waals surface area contributed by atoms with E-state index in [9.17, 15) is 0 Å². The van der Waals surface area contributed by atoms with Gasteiger partial charge < -0.3 is 4.42 Å². The van der Waals surface area contributed by atoms with Crippen LogP contribution in [0.15, 0.2) is 35.6 Å². The number of hydrogen-bond donors (Lipinski definition) is 0. The molecule has 3 aromatic heterocycles. The third-order valence-electron chi connectivity index (χ3n) is 1.82. The Hall–Kier alpha value is -2.24. The molecule has 6 heteroatoms. The summed E-state index contributed by atoms with van der Waals surface area (Å²) < 4.78 is 6.69. The Morgan fingerprint density at radius 3 is 3.07 bits per heavy atom. The lowest BCUT2D eigenvalue weighted by Crippen LogP contribution is -1.91. The molecule has 0 fully saturated rings. The van der Waals surface area contributed by atoms with Crippen molar-refractivity contribution >= 4 is 5.65 Å². The summed E-state index contributed by atoms with van der Waals surface area (Å²) in [4.78, 5) is 12.1. The van der Waals surface area contributed by atoms with Gasteiger partial charge in [-0.25, -0.2) is 19.5 Å². The van der Waals surface area contributed by atoms with Crippen molar-refractivity contribution in [1.82, 2.24) is 24.6 Å². The SMILES string of the molecule is c1coc(-c2cc3ncnn3cn2)n1. The summed E-state index contributed by atoms with van der Waals surface area (Å²) in [6.07, 6.45) is 6.12. The number of rotatable bonds is 1. The Bertz CT molecular complexity index is 556. The van der Waals surface area contributed by atoms with E-state index in [-0.39, 0.29) is 0 Å². The van der Waals surface area contributed by atoms with Crippen LogP contribution in [0.1, 0.15) is 0 Å². The Kier molecular flexibility index (Phi) is 1.35. The van der Waals surface area contributed by atoms with Gasteiger partial charge in [0.1, 0.15) is 24.6 Å². The lowest BCUT2D eigenvalue weighted by atomic mass is 10.4. The first-order chi connectivity index (χ1) is 6.93. The molecule has 0 radical (unpaired) electrons. The molecule has 0 aliphatic heterocycles. The summed E-state index contributed by atoms with van der Waals surface area (Å²) >= 11 is 0. The van der Waals surface area contributed by atoms with E-state index in [2.05, 4.69) is 20.1 Å². The molecule has 3 rings (SSSR count). The van der Waals surface area contributed by atoms with Crippen LogP contribution in [0.4, 0.5) is 0 Å². The first-order valence-corrected chi connectivity index (χ1v) is 3.99. The van der Waals surface area contributed by atoms with E-state index in [1.165, 1.54) is 12.6 Å². The molecular formula is C8H5N5O. The Morgan fingerprint density at radius 1 is 1.21 bits per heavy atom. The van der Waals surface area contributed by atoms with E-state index >= 15 is 0 Å². The van der Waals surface area contributed by atoms with E-state index in [0.717, 1.165) is 0 Å². The van der Waals surface area contributed by atoms with Gasteiger partial charge >= 0.3 is 0 Å². The van der Waals surface area contributed by atoms with Crippen molar-refractivity contribution < 1.29 is 4.42 Å². The highest BCUT2D eigenvalue weighted by molar-refractivity contribution is 5.53. The van der Waals surface area contributed by atoms with Gasteiger partial charge in [-0.15, -0.1) is 0 Å². The standard InChI is InChI=1S/C8H5N5O/c1-2-14-8(9-1)6-3-7-10-4-12-13(7)5-11-6/h1-5H. The minimum absolute atomic E-state index is 0.482. The van der Waals surface area contributed by atoms with Crippen molar-refractivity contribution in [2.45, 2.75) is 0 Å². The predicted octanol–water partition coefficient (Wildman–Crippen LogP) is 0.779. The molecule has 3 aromatic rings. The van der Waals surface area contributed by atoms with Crippen LogP contribution >= 0.6 is 0 Å². The molecule has 14 heavy (non-hydrogen) atoms. The van der Waals surface area contributed by atoms with Crippen molar-refractivity contribution in [3.63, 3.8) is 0 Å². The van der Waals surface area contributed by atoms with Gasteiger partial charge in [-0.3, -0.25) is 0 Å². The highest BCUT2D eigenvalue weighted by atomic mass is 16.3. The van der Waals surface area contributed by atoms with Crippen LogP contribution in [-0.4, -0.2) is 24.6 Å². The zero-order valence-corrected chi connectivity index (χ0v) is 7.03. The monoisotopic (exact) mass is 187 g/mol. The topological polar surface area (TPSA) is 69.1 Å². The van der Waals surface area contributed by atoms with Crippen LogP contribution < -0.4 is 0 Å². The molecule has 0 aromatic carbocycles. The quantitative estimate of drug-likeness (QED) is 0.563. The Balaban J connectivity index is 2.23. The van der Waals surface area contributed by atoms with Crippen LogP contribution in [0, 0.1) is 0 Å². The Labute approximate surface area is 78.2 Å². The van der Waals surface area contributed by atoms with Crippen molar-refractivity contribution in [2.75, 3.05) is 0 Å². The van der Waals surface area contributed by atoms with Crippen molar-refractivity contribution in [2.24, 2.45) is 0 Å². The molecule has 6 nitrogen and oxygen atoms in total. The van der Waals surface area contributed by atoms with Crippen LogP contribution in [-0.2, 0) is 0 Å². The fraction of sp³-hybridized carbons (Fsp3) is 0. The fourth-order valence-corrected chi connectivity index (χ4v) is 1.19. The Morgan fingerprint density at radius 2 is 2.21 bits per heavy atom. The zero-order chi connectivity index (χ0) is 9.38. The number of oxazole rings is 1. The predicted molar refractivity (Wildman–Crippen MR) is 46.3 cm³/mol. The third-order valence-corrected chi connectivity index (χ3v) is 1.82. The maximum Gasteiger partial charge on any atom is 0.245 e. The number of aromatic nitrogens is 5. The van der Waals surface area contributed by atoms with Gasteiger partial charge in [0, 0.05) is 6.07 Å². The summed E-state index contributed by atoms with van der Waals surface area (Å²) in [5.74, 6) is 0.482. The second-order valence-electron chi connectivity index (χ2n) is 2.67. The summed E-state index contributed by atoms with van der Waals surface area (Å²) in [6.45, 7) is 0.